The number of aliphatic hydroxyl groups is 1. The summed E-state index contributed by atoms with van der Waals surface area (Å²) in [7, 11) is 0. The van der Waals surface area contributed by atoms with Gasteiger partial charge in [-0.1, -0.05) is 11.3 Å². The molecule has 0 unspecified atom stereocenters. The highest BCUT2D eigenvalue weighted by molar-refractivity contribution is 7.17. The number of nitrogen functional groups attached to an aromatic ring is 1. The van der Waals surface area contributed by atoms with Crippen molar-refractivity contribution in [3.05, 3.63) is 10.6 Å². The molecule has 6 nitrogen and oxygen atoms in total. The van der Waals surface area contributed by atoms with Gasteiger partial charge in [-0.2, -0.15) is 0 Å². The molecule has 0 aromatic carbocycles. The van der Waals surface area contributed by atoms with Gasteiger partial charge in [-0.05, 0) is 19.8 Å². The molecule has 1 fully saturated rings. The molecule has 7 heteroatoms. The van der Waals surface area contributed by atoms with Crippen molar-refractivity contribution >= 4 is 22.4 Å². The number of carbonyl (C=O) groups excluding carboxylic acids is 1. The second kappa shape index (κ2) is 5.21. The van der Waals surface area contributed by atoms with Crippen molar-refractivity contribution in [1.29, 1.82) is 0 Å². The number of thiazole rings is 1. The SMILES string of the molecule is Cc1nc(N)sc1C(=O)NC1(CO)CCOCC1. The van der Waals surface area contributed by atoms with Gasteiger partial charge in [-0.15, -0.1) is 0 Å². The molecule has 4 N–H and O–H groups in total. The van der Waals surface area contributed by atoms with E-state index in [0.29, 0.717) is 41.8 Å². The Balaban J connectivity index is 2.12. The number of carbonyl (C=O) groups is 1. The van der Waals surface area contributed by atoms with Crippen molar-refractivity contribution < 1.29 is 14.6 Å². The van der Waals surface area contributed by atoms with Crippen LogP contribution < -0.4 is 11.1 Å². The lowest BCUT2D eigenvalue weighted by Crippen LogP contribution is -2.54. The van der Waals surface area contributed by atoms with Crippen molar-refractivity contribution in [1.82, 2.24) is 10.3 Å². The second-order valence-electron chi connectivity index (χ2n) is 4.47. The Morgan fingerprint density at radius 3 is 2.78 bits per heavy atom. The lowest BCUT2D eigenvalue weighted by atomic mass is 9.91. The van der Waals surface area contributed by atoms with Crippen LogP contribution in [0.5, 0.6) is 0 Å². The molecule has 0 saturated carbocycles. The highest BCUT2D eigenvalue weighted by atomic mass is 32.1. The smallest absolute Gasteiger partial charge is 0.263 e. The Labute approximate surface area is 109 Å². The van der Waals surface area contributed by atoms with Gasteiger partial charge >= 0.3 is 0 Å². The van der Waals surface area contributed by atoms with Crippen LogP contribution in [0.2, 0.25) is 0 Å². The van der Waals surface area contributed by atoms with Gasteiger partial charge in [0.15, 0.2) is 5.13 Å². The zero-order valence-electron chi connectivity index (χ0n) is 10.2. The highest BCUT2D eigenvalue weighted by Gasteiger charge is 2.34. The second-order valence-corrected chi connectivity index (χ2v) is 5.50. The number of ether oxygens (including phenoxy) is 1. The van der Waals surface area contributed by atoms with Crippen molar-refractivity contribution in [2.75, 3.05) is 25.6 Å². The summed E-state index contributed by atoms with van der Waals surface area (Å²) in [5.74, 6) is -0.224. The van der Waals surface area contributed by atoms with Gasteiger partial charge in [0, 0.05) is 13.2 Å². The van der Waals surface area contributed by atoms with Crippen LogP contribution in [0.4, 0.5) is 5.13 Å². The van der Waals surface area contributed by atoms with Crippen LogP contribution in [0.25, 0.3) is 0 Å². The Hall–Kier alpha value is -1.18. The molecule has 1 amide bonds. The van der Waals surface area contributed by atoms with Crippen LogP contribution in [-0.4, -0.2) is 41.4 Å². The summed E-state index contributed by atoms with van der Waals surface area (Å²) in [5.41, 5.74) is 5.61. The van der Waals surface area contributed by atoms with Gasteiger partial charge < -0.3 is 20.9 Å². The number of aromatic nitrogens is 1. The average molecular weight is 271 g/mol. The summed E-state index contributed by atoms with van der Waals surface area (Å²) >= 11 is 1.16. The molecule has 2 heterocycles. The predicted octanol–water partition coefficient (Wildman–Crippen LogP) is 0.305. The molecule has 2 rings (SSSR count). The number of aryl methyl sites for hydroxylation is 1. The summed E-state index contributed by atoms with van der Waals surface area (Å²) in [6, 6.07) is 0. The predicted molar refractivity (Wildman–Crippen MR) is 68.6 cm³/mol. The van der Waals surface area contributed by atoms with Gasteiger partial charge in [-0.3, -0.25) is 4.79 Å². The van der Waals surface area contributed by atoms with Crippen LogP contribution in [-0.2, 0) is 4.74 Å². The number of hydrogen-bond donors (Lipinski definition) is 3. The van der Waals surface area contributed by atoms with Crippen molar-refractivity contribution in [2.45, 2.75) is 25.3 Å². The minimum Gasteiger partial charge on any atom is -0.394 e. The molecular weight excluding hydrogens is 254 g/mol. The fourth-order valence-corrected chi connectivity index (χ4v) is 2.74. The van der Waals surface area contributed by atoms with Crippen molar-refractivity contribution in [3.8, 4) is 0 Å². The number of amides is 1. The third kappa shape index (κ3) is 2.63. The van der Waals surface area contributed by atoms with E-state index in [2.05, 4.69) is 10.3 Å². The molecule has 18 heavy (non-hydrogen) atoms. The van der Waals surface area contributed by atoms with E-state index in [1.807, 2.05) is 0 Å². The van der Waals surface area contributed by atoms with E-state index in [-0.39, 0.29) is 12.5 Å². The Morgan fingerprint density at radius 2 is 2.28 bits per heavy atom. The van der Waals surface area contributed by atoms with Crippen molar-refractivity contribution in [2.24, 2.45) is 0 Å². The molecule has 0 aliphatic carbocycles. The normalized spacial score (nSPS) is 18.6. The molecule has 1 aromatic rings. The number of hydrogen-bond acceptors (Lipinski definition) is 6. The van der Waals surface area contributed by atoms with Gasteiger partial charge in [0.1, 0.15) is 4.88 Å². The number of aliphatic hydroxyl groups excluding tert-OH is 1. The summed E-state index contributed by atoms with van der Waals surface area (Å²) in [4.78, 5) is 16.7. The molecular formula is C11H17N3O3S. The molecule has 0 spiro atoms. The summed E-state index contributed by atoms with van der Waals surface area (Å²) in [5, 5.41) is 12.8. The van der Waals surface area contributed by atoms with Gasteiger partial charge in [0.25, 0.3) is 5.91 Å². The Morgan fingerprint density at radius 1 is 1.61 bits per heavy atom. The molecule has 1 saturated heterocycles. The van der Waals surface area contributed by atoms with Gasteiger partial charge in [0.05, 0.1) is 17.8 Å². The van der Waals surface area contributed by atoms with E-state index in [1.165, 1.54) is 0 Å². The minimum absolute atomic E-state index is 0.0879. The standard InChI is InChI=1S/C11H17N3O3S/c1-7-8(18-10(12)13-7)9(16)14-11(6-15)2-4-17-5-3-11/h15H,2-6H2,1H3,(H2,12,13)(H,14,16). The lowest BCUT2D eigenvalue weighted by molar-refractivity contribution is 0.0126. The minimum atomic E-state index is -0.583. The van der Waals surface area contributed by atoms with Crippen molar-refractivity contribution in [3.63, 3.8) is 0 Å². The van der Waals surface area contributed by atoms with Crippen LogP contribution in [0.15, 0.2) is 0 Å². The number of anilines is 1. The van der Waals surface area contributed by atoms with E-state index >= 15 is 0 Å². The first-order chi connectivity index (χ1) is 8.56. The van der Waals surface area contributed by atoms with E-state index in [1.54, 1.807) is 6.92 Å². The van der Waals surface area contributed by atoms with Crippen LogP contribution in [0.1, 0.15) is 28.2 Å². The first-order valence-electron chi connectivity index (χ1n) is 5.80. The summed E-state index contributed by atoms with van der Waals surface area (Å²) in [6.07, 6.45) is 1.23. The molecule has 1 aliphatic heterocycles. The Bertz CT molecular complexity index is 441. The largest absolute Gasteiger partial charge is 0.394 e. The number of nitrogens with two attached hydrogens (primary N) is 1. The zero-order valence-corrected chi connectivity index (χ0v) is 11.0. The fourth-order valence-electron chi connectivity index (χ4n) is 2.01. The monoisotopic (exact) mass is 271 g/mol. The topological polar surface area (TPSA) is 97.5 Å². The average Bonchev–Trinajstić information content (AvgIpc) is 2.70. The van der Waals surface area contributed by atoms with Crippen LogP contribution in [0, 0.1) is 6.92 Å². The van der Waals surface area contributed by atoms with Crippen LogP contribution in [0.3, 0.4) is 0 Å². The van der Waals surface area contributed by atoms with Gasteiger partial charge in [-0.25, -0.2) is 4.98 Å². The van der Waals surface area contributed by atoms with Crippen LogP contribution >= 0.6 is 11.3 Å². The molecule has 100 valence electrons. The Kier molecular flexibility index (Phi) is 3.84. The molecule has 1 aromatic heterocycles. The molecule has 0 radical (unpaired) electrons. The zero-order chi connectivity index (χ0) is 13.2. The molecule has 1 aliphatic rings. The van der Waals surface area contributed by atoms with Gasteiger partial charge in [0.2, 0.25) is 0 Å². The molecule has 0 atom stereocenters. The van der Waals surface area contributed by atoms with E-state index in [9.17, 15) is 9.90 Å². The number of rotatable bonds is 3. The van der Waals surface area contributed by atoms with E-state index in [0.717, 1.165) is 11.3 Å². The first-order valence-corrected chi connectivity index (χ1v) is 6.62. The number of nitrogens with zero attached hydrogens (tertiary/aromatic N) is 1. The third-order valence-corrected chi connectivity index (χ3v) is 4.14. The number of nitrogens with one attached hydrogen (secondary N) is 1. The van der Waals surface area contributed by atoms with E-state index < -0.39 is 5.54 Å². The maximum absolute atomic E-state index is 12.2. The summed E-state index contributed by atoms with van der Waals surface area (Å²) in [6.45, 7) is 2.75. The quantitative estimate of drug-likeness (QED) is 0.735. The first kappa shape index (κ1) is 13.3. The lowest BCUT2D eigenvalue weighted by Gasteiger charge is -2.36. The maximum Gasteiger partial charge on any atom is 0.263 e. The third-order valence-electron chi connectivity index (χ3n) is 3.15. The fraction of sp³-hybridized carbons (Fsp3) is 0.636. The highest BCUT2D eigenvalue weighted by Crippen LogP contribution is 2.24. The summed E-state index contributed by atoms with van der Waals surface area (Å²) < 4.78 is 5.25. The van der Waals surface area contributed by atoms with E-state index in [4.69, 9.17) is 10.5 Å². The molecule has 0 bridgehead atoms. The maximum atomic E-state index is 12.2.